The fourth-order valence-electron chi connectivity index (χ4n) is 2.33. The molecule has 0 saturated heterocycles. The number of nitrogens with one attached hydrogen (secondary N) is 1. The van der Waals surface area contributed by atoms with Crippen LogP contribution in [0.5, 0.6) is 5.88 Å². The first-order valence-electron chi connectivity index (χ1n) is 8.27. The second kappa shape index (κ2) is 8.69. The van der Waals surface area contributed by atoms with Gasteiger partial charge in [-0.3, -0.25) is 5.32 Å². The van der Waals surface area contributed by atoms with Crippen LogP contribution in [0, 0.1) is 5.82 Å². The molecule has 0 aliphatic rings. The second-order valence-corrected chi connectivity index (χ2v) is 6.03. The first kappa shape index (κ1) is 18.2. The molecule has 1 heterocycles. The van der Waals surface area contributed by atoms with Gasteiger partial charge in [-0.15, -0.1) is 10.2 Å². The van der Waals surface area contributed by atoms with Crippen LogP contribution in [0.3, 0.4) is 0 Å². The van der Waals surface area contributed by atoms with Crippen LogP contribution in [-0.2, 0) is 0 Å². The average Bonchev–Trinajstić information content (AvgIpc) is 2.66. The summed E-state index contributed by atoms with van der Waals surface area (Å²) in [5.41, 5.74) is 1.96. The lowest BCUT2D eigenvalue weighted by Gasteiger charge is -2.11. The third-order valence-corrected chi connectivity index (χ3v) is 3.83. The third kappa shape index (κ3) is 4.53. The number of rotatable bonds is 7. The van der Waals surface area contributed by atoms with Gasteiger partial charge in [0.2, 0.25) is 0 Å². The van der Waals surface area contributed by atoms with E-state index in [1.54, 1.807) is 24.3 Å². The van der Waals surface area contributed by atoms with Gasteiger partial charge in [0.25, 0.3) is 5.88 Å². The summed E-state index contributed by atoms with van der Waals surface area (Å²) in [4.78, 5) is 4.58. The SMILES string of the molecule is CCCNCOc1nnc(-c2ccc(F)cc2)nc1-c1cccc(Cl)c1. The summed E-state index contributed by atoms with van der Waals surface area (Å²) in [6.45, 7) is 3.21. The zero-order valence-electron chi connectivity index (χ0n) is 14.2. The molecule has 0 fully saturated rings. The third-order valence-electron chi connectivity index (χ3n) is 3.59. The van der Waals surface area contributed by atoms with Crippen molar-refractivity contribution >= 4 is 11.6 Å². The van der Waals surface area contributed by atoms with Crippen molar-refractivity contribution in [2.45, 2.75) is 13.3 Å². The Morgan fingerprint density at radius 3 is 2.62 bits per heavy atom. The molecule has 1 N–H and O–H groups in total. The molecule has 1 aromatic heterocycles. The molecular formula is C19H18ClFN4O. The van der Waals surface area contributed by atoms with E-state index in [9.17, 15) is 4.39 Å². The minimum Gasteiger partial charge on any atom is -0.459 e. The van der Waals surface area contributed by atoms with Crippen molar-refractivity contribution in [1.82, 2.24) is 20.5 Å². The molecule has 26 heavy (non-hydrogen) atoms. The van der Waals surface area contributed by atoms with Crippen molar-refractivity contribution in [1.29, 1.82) is 0 Å². The van der Waals surface area contributed by atoms with Gasteiger partial charge in [0, 0.05) is 16.1 Å². The fourth-order valence-corrected chi connectivity index (χ4v) is 2.52. The first-order valence-corrected chi connectivity index (χ1v) is 8.65. The van der Waals surface area contributed by atoms with E-state index in [1.165, 1.54) is 12.1 Å². The summed E-state index contributed by atoms with van der Waals surface area (Å²) in [6, 6.07) is 13.2. The lowest BCUT2D eigenvalue weighted by molar-refractivity contribution is 0.271. The van der Waals surface area contributed by atoms with Crippen molar-refractivity contribution in [3.05, 3.63) is 59.4 Å². The quantitative estimate of drug-likeness (QED) is 0.494. The molecule has 0 bridgehead atoms. The summed E-state index contributed by atoms with van der Waals surface area (Å²) in [5, 5.41) is 12.0. The fraction of sp³-hybridized carbons (Fsp3) is 0.211. The highest BCUT2D eigenvalue weighted by Gasteiger charge is 2.14. The maximum Gasteiger partial charge on any atom is 0.261 e. The van der Waals surface area contributed by atoms with E-state index in [-0.39, 0.29) is 5.82 Å². The number of hydrogen-bond donors (Lipinski definition) is 1. The molecule has 0 unspecified atom stereocenters. The molecular weight excluding hydrogens is 355 g/mol. The van der Waals surface area contributed by atoms with Gasteiger partial charge in [-0.1, -0.05) is 30.7 Å². The van der Waals surface area contributed by atoms with Crippen LogP contribution in [-0.4, -0.2) is 28.5 Å². The largest absolute Gasteiger partial charge is 0.459 e. The molecule has 0 amide bonds. The zero-order chi connectivity index (χ0) is 18.4. The predicted octanol–water partition coefficient (Wildman–Crippen LogP) is 4.33. The summed E-state index contributed by atoms with van der Waals surface area (Å²) in [6.07, 6.45) is 0.998. The number of nitrogens with zero attached hydrogens (tertiary/aromatic N) is 3. The highest BCUT2D eigenvalue weighted by molar-refractivity contribution is 6.30. The summed E-state index contributed by atoms with van der Waals surface area (Å²) in [5.74, 6) is 0.370. The van der Waals surface area contributed by atoms with E-state index in [1.807, 2.05) is 12.1 Å². The van der Waals surface area contributed by atoms with Crippen molar-refractivity contribution in [3.63, 3.8) is 0 Å². The van der Waals surface area contributed by atoms with Crippen molar-refractivity contribution in [2.24, 2.45) is 0 Å². The highest BCUT2D eigenvalue weighted by Crippen LogP contribution is 2.29. The minimum atomic E-state index is -0.321. The highest BCUT2D eigenvalue weighted by atomic mass is 35.5. The normalized spacial score (nSPS) is 10.7. The Morgan fingerprint density at radius 1 is 1.08 bits per heavy atom. The molecule has 7 heteroatoms. The molecule has 0 saturated carbocycles. The molecule has 0 aliphatic carbocycles. The molecule has 0 atom stereocenters. The molecule has 2 aromatic carbocycles. The molecule has 0 spiro atoms. The Labute approximate surface area is 156 Å². The Bertz CT molecular complexity index is 874. The molecule has 0 aliphatic heterocycles. The average molecular weight is 373 g/mol. The number of aromatic nitrogens is 3. The maximum absolute atomic E-state index is 13.2. The van der Waals surface area contributed by atoms with Crippen LogP contribution in [0.1, 0.15) is 13.3 Å². The van der Waals surface area contributed by atoms with Crippen molar-refractivity contribution in [3.8, 4) is 28.5 Å². The molecule has 134 valence electrons. The Morgan fingerprint density at radius 2 is 1.88 bits per heavy atom. The van der Waals surface area contributed by atoms with Crippen LogP contribution in [0.15, 0.2) is 48.5 Å². The van der Waals surface area contributed by atoms with Gasteiger partial charge in [-0.25, -0.2) is 9.37 Å². The van der Waals surface area contributed by atoms with E-state index in [2.05, 4.69) is 27.4 Å². The number of ether oxygens (including phenoxy) is 1. The molecule has 5 nitrogen and oxygen atoms in total. The number of benzene rings is 2. The molecule has 3 aromatic rings. The van der Waals surface area contributed by atoms with Gasteiger partial charge in [-0.05, 0) is 49.4 Å². The van der Waals surface area contributed by atoms with Crippen LogP contribution in [0.2, 0.25) is 5.02 Å². The molecule has 3 rings (SSSR count). The van der Waals surface area contributed by atoms with Crippen LogP contribution in [0.25, 0.3) is 22.6 Å². The van der Waals surface area contributed by atoms with E-state index in [0.29, 0.717) is 34.7 Å². The lowest BCUT2D eigenvalue weighted by atomic mass is 10.1. The van der Waals surface area contributed by atoms with Gasteiger partial charge in [-0.2, -0.15) is 0 Å². The van der Waals surface area contributed by atoms with E-state index in [4.69, 9.17) is 16.3 Å². The summed E-state index contributed by atoms with van der Waals surface area (Å²) in [7, 11) is 0. The lowest BCUT2D eigenvalue weighted by Crippen LogP contribution is -2.21. The maximum atomic E-state index is 13.2. The number of halogens is 2. The van der Waals surface area contributed by atoms with Crippen LogP contribution < -0.4 is 10.1 Å². The van der Waals surface area contributed by atoms with Gasteiger partial charge < -0.3 is 4.74 Å². The summed E-state index contributed by atoms with van der Waals surface area (Å²) < 4.78 is 18.9. The van der Waals surface area contributed by atoms with Crippen LogP contribution >= 0.6 is 11.6 Å². The van der Waals surface area contributed by atoms with Crippen LogP contribution in [0.4, 0.5) is 4.39 Å². The predicted molar refractivity (Wildman–Crippen MR) is 99.5 cm³/mol. The second-order valence-electron chi connectivity index (χ2n) is 5.60. The van der Waals surface area contributed by atoms with Gasteiger partial charge in [0.15, 0.2) is 5.82 Å². The minimum absolute atomic E-state index is 0.299. The Kier molecular flexibility index (Phi) is 6.09. The standard InChI is InChI=1S/C19H18ClFN4O/c1-2-10-22-12-26-19-17(14-4-3-5-15(20)11-14)23-18(24-25-19)13-6-8-16(21)9-7-13/h3-9,11,22H,2,10,12H2,1H3. The first-order chi connectivity index (χ1) is 12.7. The zero-order valence-corrected chi connectivity index (χ0v) is 15.0. The van der Waals surface area contributed by atoms with Crippen molar-refractivity contribution in [2.75, 3.05) is 13.3 Å². The van der Waals surface area contributed by atoms with Gasteiger partial charge >= 0.3 is 0 Å². The van der Waals surface area contributed by atoms with Crippen molar-refractivity contribution < 1.29 is 9.13 Å². The number of hydrogen-bond acceptors (Lipinski definition) is 5. The van der Waals surface area contributed by atoms with E-state index >= 15 is 0 Å². The Hall–Kier alpha value is -2.57. The van der Waals surface area contributed by atoms with Gasteiger partial charge in [0.05, 0.1) is 0 Å². The topological polar surface area (TPSA) is 59.9 Å². The smallest absolute Gasteiger partial charge is 0.261 e. The molecule has 0 radical (unpaired) electrons. The monoisotopic (exact) mass is 372 g/mol. The van der Waals surface area contributed by atoms with E-state index in [0.717, 1.165) is 18.5 Å². The summed E-state index contributed by atoms with van der Waals surface area (Å²) >= 11 is 6.11. The Balaban J connectivity index is 1.97. The van der Waals surface area contributed by atoms with E-state index < -0.39 is 0 Å². The van der Waals surface area contributed by atoms with Gasteiger partial charge in [0.1, 0.15) is 18.2 Å².